The molecule has 0 unspecified atom stereocenters. The van der Waals surface area contributed by atoms with E-state index >= 15 is 0 Å². The van der Waals surface area contributed by atoms with Crippen molar-refractivity contribution in [2.24, 2.45) is 0 Å². The number of benzene rings is 2. The number of amides is 1. The number of hydrogen-bond acceptors (Lipinski definition) is 3. The molecule has 120 valence electrons. The van der Waals surface area contributed by atoms with Gasteiger partial charge in [0.25, 0.3) is 0 Å². The van der Waals surface area contributed by atoms with Gasteiger partial charge in [0.05, 0.1) is 12.6 Å². The second kappa shape index (κ2) is 8.48. The predicted molar refractivity (Wildman–Crippen MR) is 95.4 cm³/mol. The van der Waals surface area contributed by atoms with E-state index in [0.29, 0.717) is 6.42 Å². The maximum Gasteiger partial charge on any atom is 0.239 e. The van der Waals surface area contributed by atoms with E-state index < -0.39 is 6.04 Å². The highest BCUT2D eigenvalue weighted by atomic mass is 79.9. The Hall–Kier alpha value is -2.14. The number of halogens is 1. The quantitative estimate of drug-likeness (QED) is 0.782. The maximum absolute atomic E-state index is 12.1. The molecular weight excluding hydrogens is 356 g/mol. The molecule has 5 heteroatoms. The summed E-state index contributed by atoms with van der Waals surface area (Å²) in [5.41, 5.74) is 1.87. The Morgan fingerprint density at radius 2 is 1.70 bits per heavy atom. The highest BCUT2D eigenvalue weighted by Gasteiger charge is 2.17. The normalized spacial score (nSPS) is 11.6. The lowest BCUT2D eigenvalue weighted by Crippen LogP contribution is -2.43. The van der Waals surface area contributed by atoms with Gasteiger partial charge >= 0.3 is 0 Å². The molecule has 0 aromatic heterocycles. The lowest BCUT2D eigenvalue weighted by atomic mass is 10.0. The van der Waals surface area contributed by atoms with Crippen molar-refractivity contribution in [1.82, 2.24) is 5.32 Å². The molecule has 2 rings (SSSR count). The minimum atomic E-state index is -0.503. The van der Waals surface area contributed by atoms with Crippen LogP contribution in [0.3, 0.4) is 0 Å². The number of carbonyl (C=O) groups excluding carboxylic acids is 2. The van der Waals surface area contributed by atoms with Crippen molar-refractivity contribution in [3.05, 3.63) is 64.6 Å². The van der Waals surface area contributed by atoms with E-state index in [9.17, 15) is 9.59 Å². The van der Waals surface area contributed by atoms with Gasteiger partial charge in [0.15, 0.2) is 5.78 Å². The summed E-state index contributed by atoms with van der Waals surface area (Å²) in [6.45, 7) is 1.62. The molecule has 23 heavy (non-hydrogen) atoms. The molecule has 0 aliphatic rings. The summed E-state index contributed by atoms with van der Waals surface area (Å²) in [6, 6.07) is 16.7. The SMILES string of the molecule is CC(=O)[C@@H](Cc1ccccc1)NC(=O)CNc1ccc(Br)cc1. The fourth-order valence-electron chi connectivity index (χ4n) is 2.14. The molecule has 1 atom stereocenters. The minimum Gasteiger partial charge on any atom is -0.376 e. The highest BCUT2D eigenvalue weighted by molar-refractivity contribution is 9.10. The zero-order valence-electron chi connectivity index (χ0n) is 12.9. The molecule has 2 aromatic rings. The molecule has 0 spiro atoms. The Bertz CT molecular complexity index is 656. The summed E-state index contributed by atoms with van der Waals surface area (Å²) in [5.74, 6) is -0.255. The second-order valence-corrected chi connectivity index (χ2v) is 6.20. The van der Waals surface area contributed by atoms with E-state index in [0.717, 1.165) is 15.7 Å². The fraction of sp³-hybridized carbons (Fsp3) is 0.222. The molecule has 0 bridgehead atoms. The Morgan fingerprint density at radius 3 is 2.30 bits per heavy atom. The van der Waals surface area contributed by atoms with Crippen LogP contribution in [0.15, 0.2) is 59.1 Å². The van der Waals surface area contributed by atoms with Gasteiger partial charge in [-0.15, -0.1) is 0 Å². The monoisotopic (exact) mass is 374 g/mol. The summed E-state index contributed by atoms with van der Waals surface area (Å²) in [4.78, 5) is 23.8. The molecule has 0 aliphatic carbocycles. The molecule has 0 fully saturated rings. The van der Waals surface area contributed by atoms with Crippen LogP contribution in [0.25, 0.3) is 0 Å². The molecule has 2 aromatic carbocycles. The van der Waals surface area contributed by atoms with Gasteiger partial charge in [-0.3, -0.25) is 9.59 Å². The molecule has 0 saturated heterocycles. The van der Waals surface area contributed by atoms with Crippen LogP contribution in [0.1, 0.15) is 12.5 Å². The lowest BCUT2D eigenvalue weighted by molar-refractivity contribution is -0.125. The van der Waals surface area contributed by atoms with Crippen molar-refractivity contribution >= 4 is 33.3 Å². The topological polar surface area (TPSA) is 58.2 Å². The van der Waals surface area contributed by atoms with Gasteiger partial charge in [-0.05, 0) is 43.2 Å². The van der Waals surface area contributed by atoms with Crippen molar-refractivity contribution in [3.8, 4) is 0 Å². The van der Waals surface area contributed by atoms with Gasteiger partial charge in [-0.25, -0.2) is 0 Å². The van der Waals surface area contributed by atoms with Crippen molar-refractivity contribution in [2.45, 2.75) is 19.4 Å². The summed E-state index contributed by atoms with van der Waals surface area (Å²) >= 11 is 3.36. The van der Waals surface area contributed by atoms with E-state index in [2.05, 4.69) is 26.6 Å². The molecule has 1 amide bonds. The number of carbonyl (C=O) groups is 2. The van der Waals surface area contributed by atoms with Crippen molar-refractivity contribution < 1.29 is 9.59 Å². The average Bonchev–Trinajstić information content (AvgIpc) is 2.54. The van der Waals surface area contributed by atoms with E-state index in [1.807, 2.05) is 54.6 Å². The van der Waals surface area contributed by atoms with E-state index in [4.69, 9.17) is 0 Å². The van der Waals surface area contributed by atoms with Gasteiger partial charge in [-0.2, -0.15) is 0 Å². The van der Waals surface area contributed by atoms with Crippen LogP contribution < -0.4 is 10.6 Å². The van der Waals surface area contributed by atoms with E-state index in [1.165, 1.54) is 6.92 Å². The Balaban J connectivity index is 1.88. The molecule has 0 radical (unpaired) electrons. The van der Waals surface area contributed by atoms with Gasteiger partial charge in [0.1, 0.15) is 0 Å². The first kappa shape index (κ1) is 17.2. The summed E-state index contributed by atoms with van der Waals surface area (Å²) < 4.78 is 0.979. The van der Waals surface area contributed by atoms with Gasteiger partial charge in [0, 0.05) is 10.2 Å². The average molecular weight is 375 g/mol. The van der Waals surface area contributed by atoms with Crippen LogP contribution >= 0.6 is 15.9 Å². The summed E-state index contributed by atoms with van der Waals surface area (Å²) in [7, 11) is 0. The summed E-state index contributed by atoms with van der Waals surface area (Å²) in [5, 5.41) is 5.82. The molecule has 0 saturated carbocycles. The van der Waals surface area contributed by atoms with Gasteiger partial charge in [0.2, 0.25) is 5.91 Å². The number of rotatable bonds is 7. The Labute approximate surface area is 144 Å². The third-order valence-electron chi connectivity index (χ3n) is 3.41. The maximum atomic E-state index is 12.1. The number of Topliss-reactive ketones (excluding diaryl/α,β-unsaturated/α-hetero) is 1. The first-order valence-corrected chi connectivity index (χ1v) is 8.17. The van der Waals surface area contributed by atoms with Gasteiger partial charge in [-0.1, -0.05) is 46.3 Å². The zero-order valence-corrected chi connectivity index (χ0v) is 14.5. The number of nitrogens with one attached hydrogen (secondary N) is 2. The van der Waals surface area contributed by atoms with E-state index in [-0.39, 0.29) is 18.2 Å². The zero-order chi connectivity index (χ0) is 16.7. The third-order valence-corrected chi connectivity index (χ3v) is 3.93. The Kier molecular flexibility index (Phi) is 6.35. The first-order chi connectivity index (χ1) is 11.0. The van der Waals surface area contributed by atoms with Crippen LogP contribution in [0.5, 0.6) is 0 Å². The van der Waals surface area contributed by atoms with Crippen molar-refractivity contribution in [3.63, 3.8) is 0 Å². The first-order valence-electron chi connectivity index (χ1n) is 7.38. The number of anilines is 1. The Morgan fingerprint density at radius 1 is 1.04 bits per heavy atom. The highest BCUT2D eigenvalue weighted by Crippen LogP contribution is 2.13. The molecule has 2 N–H and O–H groups in total. The third kappa shape index (κ3) is 5.87. The molecule has 0 heterocycles. The molecular formula is C18H19BrN2O2. The van der Waals surface area contributed by atoms with E-state index in [1.54, 1.807) is 0 Å². The van der Waals surface area contributed by atoms with Crippen LogP contribution in [0, 0.1) is 0 Å². The fourth-order valence-corrected chi connectivity index (χ4v) is 2.41. The van der Waals surface area contributed by atoms with Crippen LogP contribution in [0.2, 0.25) is 0 Å². The minimum absolute atomic E-state index is 0.0501. The predicted octanol–water partition coefficient (Wildman–Crippen LogP) is 3.18. The number of hydrogen-bond donors (Lipinski definition) is 2. The smallest absolute Gasteiger partial charge is 0.239 e. The second-order valence-electron chi connectivity index (χ2n) is 5.28. The van der Waals surface area contributed by atoms with Crippen LogP contribution in [-0.2, 0) is 16.0 Å². The lowest BCUT2D eigenvalue weighted by Gasteiger charge is -2.16. The van der Waals surface area contributed by atoms with Crippen LogP contribution in [-0.4, -0.2) is 24.3 Å². The summed E-state index contributed by atoms with van der Waals surface area (Å²) in [6.07, 6.45) is 0.500. The van der Waals surface area contributed by atoms with Gasteiger partial charge < -0.3 is 10.6 Å². The number of ketones is 1. The molecule has 0 aliphatic heterocycles. The van der Waals surface area contributed by atoms with Crippen molar-refractivity contribution in [1.29, 1.82) is 0 Å². The van der Waals surface area contributed by atoms with Crippen LogP contribution in [0.4, 0.5) is 5.69 Å². The molecule has 4 nitrogen and oxygen atoms in total. The van der Waals surface area contributed by atoms with Crippen molar-refractivity contribution in [2.75, 3.05) is 11.9 Å². The standard InChI is InChI=1S/C18H19BrN2O2/c1-13(22)17(11-14-5-3-2-4-6-14)21-18(23)12-20-16-9-7-15(19)8-10-16/h2-10,17,20H,11-12H2,1H3,(H,21,23)/t17-/m1/s1. The largest absolute Gasteiger partial charge is 0.376 e.